The Hall–Kier alpha value is -3.17. The number of halogens is 1. The van der Waals surface area contributed by atoms with Gasteiger partial charge in [0, 0.05) is 0 Å². The number of phenolic OH excluding ortho intramolecular Hbond substituents is 2. The number of carbonyl (C=O) groups is 2. The zero-order chi connectivity index (χ0) is 30.1. The molecule has 1 saturated heterocycles. The number of hydrogen-bond acceptors (Lipinski definition) is 6. The Bertz CT molecular complexity index is 913. The van der Waals surface area contributed by atoms with E-state index in [9.17, 15) is 24.2 Å². The second-order valence-corrected chi connectivity index (χ2v) is 9.52. The van der Waals surface area contributed by atoms with Crippen LogP contribution in [0.5, 0.6) is 11.5 Å². The zero-order valence-corrected chi connectivity index (χ0v) is 23.2. The van der Waals surface area contributed by atoms with Gasteiger partial charge in [-0.15, -0.1) is 0 Å². The van der Waals surface area contributed by atoms with Crippen molar-refractivity contribution in [2.45, 2.75) is 72.8 Å². The number of phenols is 2. The molecular formula is C29H45FN2O6. The van der Waals surface area contributed by atoms with Gasteiger partial charge in [-0.05, 0) is 124 Å². The third kappa shape index (κ3) is 12.9. The summed E-state index contributed by atoms with van der Waals surface area (Å²) in [7, 11) is -1.00. The summed E-state index contributed by atoms with van der Waals surface area (Å²) in [6, 6.07) is 5.65. The average molecular weight is 538 g/mol. The van der Waals surface area contributed by atoms with E-state index in [4.69, 9.17) is 17.3 Å². The van der Waals surface area contributed by atoms with E-state index in [1.165, 1.54) is 32.4 Å². The molecule has 2 atom stereocenters. The molecule has 0 bridgehead atoms. The highest BCUT2D eigenvalue weighted by Crippen LogP contribution is 2.23. The molecule has 1 aliphatic rings. The highest BCUT2D eigenvalue weighted by atomic mass is 19.1. The number of alkyl halides is 1. The fourth-order valence-corrected chi connectivity index (χ4v) is 4.09. The number of benzene rings is 2. The van der Waals surface area contributed by atoms with Crippen LogP contribution in [0.25, 0.3) is 0 Å². The number of nitrogens with two attached hydrogens (primary N) is 1. The topological polar surface area (TPSA) is 153 Å². The van der Waals surface area contributed by atoms with Crippen LogP contribution in [0, 0.1) is 33.6 Å². The van der Waals surface area contributed by atoms with Gasteiger partial charge in [0.15, 0.2) is 0 Å². The third-order valence-electron chi connectivity index (χ3n) is 6.24. The number of carboxylic acids is 2. The standard InChI is InChI=1S/C12H16O3.C11H15NO3.C5H11N.CH3F/c1-7-4-10(13)5-8(2)11(7)6-9(3)12(14)15;1-6-3-8(13)4-7(2)9(6)5-10(12)11(14)15;1-2-4-6-5-3-1;1-2/h4-5,9,13H,6H2,1-3H3,(H,14,15);3-4,10,13H,5,12H2,1-2H3,(H,14,15);6H,1-5H2;1H3/t9-;10-;;/m00../s1/i;;;1D. The molecular weight excluding hydrogens is 491 g/mol. The van der Waals surface area contributed by atoms with Crippen molar-refractivity contribution in [2.24, 2.45) is 11.7 Å². The number of aliphatic carboxylic acids is 2. The summed E-state index contributed by atoms with van der Waals surface area (Å²) in [5.41, 5.74) is 11.0. The van der Waals surface area contributed by atoms with Crippen LogP contribution < -0.4 is 11.1 Å². The van der Waals surface area contributed by atoms with Crippen LogP contribution in [0.15, 0.2) is 24.3 Å². The van der Waals surface area contributed by atoms with Gasteiger partial charge in [-0.25, -0.2) is 0 Å². The summed E-state index contributed by atoms with van der Waals surface area (Å²) in [5.74, 6) is -1.77. The van der Waals surface area contributed by atoms with Gasteiger partial charge < -0.3 is 31.5 Å². The summed E-state index contributed by atoms with van der Waals surface area (Å²) < 4.78 is 15.5. The van der Waals surface area contributed by atoms with Crippen LogP contribution in [0.4, 0.5) is 4.39 Å². The van der Waals surface area contributed by atoms with Crippen molar-refractivity contribution in [1.29, 1.82) is 0 Å². The fourth-order valence-electron chi connectivity index (χ4n) is 4.09. The number of piperidine rings is 1. The first-order chi connectivity index (χ1) is 18.2. The highest BCUT2D eigenvalue weighted by Gasteiger charge is 2.16. The Morgan fingerprint density at radius 2 is 1.24 bits per heavy atom. The molecule has 0 radical (unpaired) electrons. The van der Waals surface area contributed by atoms with E-state index in [1.54, 1.807) is 31.2 Å². The SMILES string of the molecule is C1CCNCC1.Cc1cc(O)cc(C)c1C[C@H](C)C(=O)O.Cc1cc(O)cc(C)c1C[C@H](N)C(=O)O.[2H]CF. The number of nitrogens with one attached hydrogen (secondary N) is 1. The molecule has 1 heterocycles. The van der Waals surface area contributed by atoms with Crippen LogP contribution in [-0.4, -0.2) is 58.6 Å². The predicted molar refractivity (Wildman–Crippen MR) is 149 cm³/mol. The lowest BCUT2D eigenvalue weighted by Gasteiger charge is -2.12. The summed E-state index contributed by atoms with van der Waals surface area (Å²) >= 11 is 0. The van der Waals surface area contributed by atoms with Gasteiger partial charge in [-0.3, -0.25) is 14.0 Å². The first-order valence-corrected chi connectivity index (χ1v) is 12.6. The number of aryl methyl sites for hydroxylation is 4. The summed E-state index contributed by atoms with van der Waals surface area (Å²) in [4.78, 5) is 21.4. The van der Waals surface area contributed by atoms with Crippen molar-refractivity contribution in [3.63, 3.8) is 0 Å². The molecule has 1 aliphatic heterocycles. The maximum absolute atomic E-state index is 10.7. The molecule has 2 aromatic carbocycles. The van der Waals surface area contributed by atoms with Crippen molar-refractivity contribution < 1.29 is 35.8 Å². The van der Waals surface area contributed by atoms with Crippen molar-refractivity contribution in [3.05, 3.63) is 57.6 Å². The maximum Gasteiger partial charge on any atom is 0.320 e. The second-order valence-electron chi connectivity index (χ2n) is 9.52. The van der Waals surface area contributed by atoms with Crippen LogP contribution in [0.1, 0.15) is 60.9 Å². The van der Waals surface area contributed by atoms with E-state index in [2.05, 4.69) is 5.32 Å². The minimum atomic E-state index is -1.01. The first-order valence-electron chi connectivity index (χ1n) is 13.3. The lowest BCUT2D eigenvalue weighted by Crippen LogP contribution is -2.32. The van der Waals surface area contributed by atoms with Gasteiger partial charge in [0.1, 0.15) is 17.5 Å². The van der Waals surface area contributed by atoms with Crippen LogP contribution in [0.2, 0.25) is 0 Å². The van der Waals surface area contributed by atoms with E-state index in [1.807, 2.05) is 27.7 Å². The number of aromatic hydroxyl groups is 2. The molecule has 0 unspecified atom stereocenters. The monoisotopic (exact) mass is 537 g/mol. The quantitative estimate of drug-likeness (QED) is 0.313. The third-order valence-corrected chi connectivity index (χ3v) is 6.24. The molecule has 0 saturated carbocycles. The number of carboxylic acid groups (broad SMARTS) is 2. The molecule has 2 aromatic rings. The molecule has 38 heavy (non-hydrogen) atoms. The first kappa shape index (κ1) is 32.9. The normalized spacial score (nSPS) is 14.1. The summed E-state index contributed by atoms with van der Waals surface area (Å²) in [5, 5.41) is 39.5. The summed E-state index contributed by atoms with van der Waals surface area (Å²) in [6.45, 7) is 11.6. The molecule has 7 N–H and O–H groups in total. The molecule has 1 fully saturated rings. The lowest BCUT2D eigenvalue weighted by molar-refractivity contribution is -0.141. The van der Waals surface area contributed by atoms with E-state index >= 15 is 0 Å². The van der Waals surface area contributed by atoms with Gasteiger partial charge in [0.2, 0.25) is 0 Å². The molecule has 0 amide bonds. The van der Waals surface area contributed by atoms with Gasteiger partial charge in [0.25, 0.3) is 0 Å². The molecule has 0 spiro atoms. The predicted octanol–water partition coefficient (Wildman–Crippen LogP) is 4.58. The van der Waals surface area contributed by atoms with E-state index < -0.39 is 31.1 Å². The summed E-state index contributed by atoms with van der Waals surface area (Å²) in [6.07, 6.45) is 5.01. The highest BCUT2D eigenvalue weighted by molar-refractivity contribution is 5.73. The van der Waals surface area contributed by atoms with Crippen molar-refractivity contribution in [1.82, 2.24) is 5.32 Å². The van der Waals surface area contributed by atoms with E-state index in [0.29, 0.717) is 6.42 Å². The van der Waals surface area contributed by atoms with Gasteiger partial charge in [0.05, 0.1) is 14.4 Å². The fraction of sp³-hybridized carbons (Fsp3) is 0.517. The van der Waals surface area contributed by atoms with Crippen molar-refractivity contribution in [3.8, 4) is 11.5 Å². The van der Waals surface area contributed by atoms with E-state index in [0.717, 1.165) is 33.4 Å². The average Bonchev–Trinajstić information content (AvgIpc) is 2.85. The molecule has 0 aliphatic carbocycles. The number of hydrogen-bond donors (Lipinski definition) is 6. The Balaban J connectivity index is 0.000000565. The molecule has 214 valence electrons. The molecule has 8 nitrogen and oxygen atoms in total. The van der Waals surface area contributed by atoms with Gasteiger partial charge >= 0.3 is 11.9 Å². The van der Waals surface area contributed by atoms with Crippen LogP contribution in [0.3, 0.4) is 0 Å². The molecule has 3 rings (SSSR count). The lowest BCUT2D eigenvalue weighted by atomic mass is 9.93. The largest absolute Gasteiger partial charge is 0.508 e. The zero-order valence-electron chi connectivity index (χ0n) is 24.2. The Labute approximate surface area is 227 Å². The smallest absolute Gasteiger partial charge is 0.320 e. The van der Waals surface area contributed by atoms with Gasteiger partial charge in [-0.1, -0.05) is 13.3 Å². The number of rotatable bonds is 6. The minimum absolute atomic E-state index is 0.192. The molecule has 0 aromatic heterocycles. The van der Waals surface area contributed by atoms with Crippen molar-refractivity contribution >= 4 is 11.9 Å². The second kappa shape index (κ2) is 18.1. The molecule has 9 heteroatoms. The Kier molecular flexibility index (Phi) is 15.7. The van der Waals surface area contributed by atoms with E-state index in [-0.39, 0.29) is 17.9 Å². The minimum Gasteiger partial charge on any atom is -0.508 e. The Morgan fingerprint density at radius 1 is 0.868 bits per heavy atom. The van der Waals surface area contributed by atoms with Crippen LogP contribution >= 0.6 is 0 Å². The maximum atomic E-state index is 10.7. The van der Waals surface area contributed by atoms with Crippen molar-refractivity contribution in [2.75, 3.05) is 20.2 Å². The van der Waals surface area contributed by atoms with Crippen LogP contribution in [-0.2, 0) is 22.4 Å². The Morgan fingerprint density at radius 3 is 1.50 bits per heavy atom. The van der Waals surface area contributed by atoms with Gasteiger partial charge in [-0.2, -0.15) is 0 Å².